The molecule has 0 N–H and O–H groups in total. The van der Waals surface area contributed by atoms with E-state index >= 15 is 0 Å². The third kappa shape index (κ3) is 16.5. The minimum absolute atomic E-state index is 0. The molecule has 1 atom stereocenters. The van der Waals surface area contributed by atoms with Crippen molar-refractivity contribution in [3.63, 3.8) is 0 Å². The summed E-state index contributed by atoms with van der Waals surface area (Å²) < 4.78 is 0. The van der Waals surface area contributed by atoms with E-state index in [1.807, 2.05) is 20.8 Å². The summed E-state index contributed by atoms with van der Waals surface area (Å²) >= 11 is 0. The molecule has 0 aromatic carbocycles. The molecule has 3 heteroatoms. The van der Waals surface area contributed by atoms with E-state index in [0.29, 0.717) is 6.42 Å². The Balaban J connectivity index is -0.000000352. The summed E-state index contributed by atoms with van der Waals surface area (Å²) in [6.07, 6.45) is 4.26. The van der Waals surface area contributed by atoms with Gasteiger partial charge in [0.2, 0.25) is 0 Å². The second-order valence-corrected chi connectivity index (χ2v) is 7.24. The number of carbonyl (C=O) groups is 2. The second kappa shape index (κ2) is 12.0. The Labute approximate surface area is 151 Å². The standard InChI is InChI=1S/C12H23O.C5H9O.Y/c1-9(8-11(2,3)4)10(13)12(5,6)7;1-2-3-4-5-6;/h9H,1,8H2,2-7H3;5H,1-4H2;/q2*-1;. The van der Waals surface area contributed by atoms with Gasteiger partial charge in [-0.3, -0.25) is 0 Å². The summed E-state index contributed by atoms with van der Waals surface area (Å²) in [5.41, 5.74) is -0.0645. The first-order valence-corrected chi connectivity index (χ1v) is 7.06. The van der Waals surface area contributed by atoms with Crippen molar-refractivity contribution in [1.29, 1.82) is 0 Å². The van der Waals surface area contributed by atoms with Crippen molar-refractivity contribution in [2.75, 3.05) is 0 Å². The topological polar surface area (TPSA) is 34.1 Å². The average molecular weight is 357 g/mol. The van der Waals surface area contributed by atoms with Crippen molar-refractivity contribution in [1.82, 2.24) is 0 Å². The Morgan fingerprint density at radius 2 is 1.60 bits per heavy atom. The van der Waals surface area contributed by atoms with Crippen LogP contribution in [0.25, 0.3) is 0 Å². The molecular weight excluding hydrogens is 325 g/mol. The maximum atomic E-state index is 11.8. The first-order chi connectivity index (χ1) is 8.45. The molecule has 0 amide bonds. The molecule has 0 bridgehead atoms. The molecule has 20 heavy (non-hydrogen) atoms. The maximum Gasteiger partial charge on any atom is 0.119 e. The van der Waals surface area contributed by atoms with Crippen LogP contribution in [0.5, 0.6) is 0 Å². The van der Waals surface area contributed by atoms with Crippen LogP contribution in [0, 0.1) is 30.6 Å². The summed E-state index contributed by atoms with van der Waals surface area (Å²) in [6, 6.07) is 0. The normalized spacial score (nSPS) is 12.6. The molecule has 0 saturated heterocycles. The number of rotatable bonds is 5. The summed E-state index contributed by atoms with van der Waals surface area (Å²) in [6.45, 7) is 19.8. The van der Waals surface area contributed by atoms with E-state index < -0.39 is 0 Å². The molecule has 0 saturated carbocycles. The van der Waals surface area contributed by atoms with E-state index in [1.165, 1.54) is 0 Å². The van der Waals surface area contributed by atoms with Crippen molar-refractivity contribution < 1.29 is 42.3 Å². The fourth-order valence-electron chi connectivity index (χ4n) is 1.67. The zero-order valence-corrected chi connectivity index (χ0v) is 17.1. The van der Waals surface area contributed by atoms with Crippen LogP contribution >= 0.6 is 0 Å². The molecule has 117 valence electrons. The fraction of sp³-hybridized carbons (Fsp3) is 0.765. The van der Waals surface area contributed by atoms with Crippen LogP contribution in [-0.2, 0) is 42.3 Å². The first-order valence-electron chi connectivity index (χ1n) is 7.06. The molecule has 0 heterocycles. The molecular formula is C17H32O2Y-2. The second-order valence-electron chi connectivity index (χ2n) is 7.24. The number of Topliss-reactive ketones (excluding diaryl/α,β-unsaturated/α-hetero) is 1. The van der Waals surface area contributed by atoms with Gasteiger partial charge in [-0.1, -0.05) is 54.4 Å². The fourth-order valence-corrected chi connectivity index (χ4v) is 1.67. The summed E-state index contributed by atoms with van der Waals surface area (Å²) in [5.74, 6) is 0.197. The third-order valence-electron chi connectivity index (χ3n) is 2.54. The van der Waals surface area contributed by atoms with Crippen LogP contribution < -0.4 is 0 Å². The molecule has 0 aliphatic heterocycles. The van der Waals surface area contributed by atoms with Gasteiger partial charge >= 0.3 is 0 Å². The number of ketones is 1. The van der Waals surface area contributed by atoms with Gasteiger partial charge in [0, 0.05) is 44.5 Å². The average Bonchev–Trinajstić information content (AvgIpc) is 2.22. The Kier molecular flexibility index (Phi) is 15.3. The number of carbonyl (C=O) groups excluding carboxylic acids is 2. The SMILES string of the molecule is [CH2-]C(CC(C)(C)C)C(=O)C(C)(C)C.[CH2-]CCCC=O.[Y]. The van der Waals surface area contributed by atoms with Gasteiger partial charge in [-0.2, -0.15) is 6.42 Å². The van der Waals surface area contributed by atoms with Gasteiger partial charge in [-0.05, 0) is 5.41 Å². The Morgan fingerprint density at radius 1 is 1.15 bits per heavy atom. The van der Waals surface area contributed by atoms with E-state index in [-0.39, 0.29) is 55.2 Å². The van der Waals surface area contributed by atoms with Gasteiger partial charge in [0.15, 0.2) is 0 Å². The smallest absolute Gasteiger partial charge is 0.119 e. The predicted molar refractivity (Wildman–Crippen MR) is 82.7 cm³/mol. The van der Waals surface area contributed by atoms with Crippen molar-refractivity contribution in [3.05, 3.63) is 13.8 Å². The van der Waals surface area contributed by atoms with Crippen LogP contribution in [0.4, 0.5) is 0 Å². The van der Waals surface area contributed by atoms with Crippen LogP contribution in [0.1, 0.15) is 67.2 Å². The van der Waals surface area contributed by atoms with E-state index in [1.54, 1.807) is 0 Å². The van der Waals surface area contributed by atoms with Crippen LogP contribution in [0.3, 0.4) is 0 Å². The summed E-state index contributed by atoms with van der Waals surface area (Å²) in [5, 5.41) is 0. The summed E-state index contributed by atoms with van der Waals surface area (Å²) in [7, 11) is 0. The minimum atomic E-state index is -0.252. The molecule has 0 aliphatic rings. The van der Waals surface area contributed by atoms with E-state index in [9.17, 15) is 9.59 Å². The monoisotopic (exact) mass is 357 g/mol. The molecule has 1 unspecified atom stereocenters. The van der Waals surface area contributed by atoms with E-state index in [2.05, 4.69) is 34.6 Å². The molecule has 1 radical (unpaired) electrons. The number of unbranched alkanes of at least 4 members (excludes halogenated alkanes) is 2. The van der Waals surface area contributed by atoms with Crippen molar-refractivity contribution in [3.8, 4) is 0 Å². The van der Waals surface area contributed by atoms with Crippen LogP contribution in [0.2, 0.25) is 0 Å². The molecule has 0 aliphatic carbocycles. The predicted octanol–water partition coefficient (Wildman–Crippen LogP) is 4.68. The largest absolute Gasteiger partial charge is 0.343 e. The maximum absolute atomic E-state index is 11.8. The van der Waals surface area contributed by atoms with Crippen LogP contribution in [0.15, 0.2) is 0 Å². The zero-order valence-electron chi connectivity index (χ0n) is 14.3. The molecule has 0 rings (SSSR count). The number of hydrogen-bond acceptors (Lipinski definition) is 2. The van der Waals surface area contributed by atoms with Crippen LogP contribution in [-0.4, -0.2) is 12.1 Å². The Bertz CT molecular complexity index is 259. The molecule has 0 aromatic rings. The zero-order chi connectivity index (χ0) is 15.7. The van der Waals surface area contributed by atoms with Gasteiger partial charge < -0.3 is 23.4 Å². The van der Waals surface area contributed by atoms with Gasteiger partial charge in [0.1, 0.15) is 12.1 Å². The summed E-state index contributed by atoms with van der Waals surface area (Å²) in [4.78, 5) is 21.3. The third-order valence-corrected chi connectivity index (χ3v) is 2.54. The quantitative estimate of drug-likeness (QED) is 0.407. The van der Waals surface area contributed by atoms with Gasteiger partial charge in [0.25, 0.3) is 0 Å². The van der Waals surface area contributed by atoms with Gasteiger partial charge in [-0.25, -0.2) is 0 Å². The molecule has 0 spiro atoms. The van der Waals surface area contributed by atoms with Gasteiger partial charge in [0.05, 0.1) is 0 Å². The number of aldehydes is 1. The molecule has 2 nitrogen and oxygen atoms in total. The number of hydrogen-bond donors (Lipinski definition) is 0. The Hall–Kier alpha value is 0.444. The van der Waals surface area contributed by atoms with Crippen molar-refractivity contribution in [2.24, 2.45) is 16.7 Å². The van der Waals surface area contributed by atoms with E-state index in [0.717, 1.165) is 25.5 Å². The molecule has 0 fully saturated rings. The van der Waals surface area contributed by atoms with Crippen molar-refractivity contribution >= 4 is 12.1 Å². The first kappa shape index (κ1) is 25.4. The molecule has 0 aromatic heterocycles. The Morgan fingerprint density at radius 3 is 1.80 bits per heavy atom. The van der Waals surface area contributed by atoms with Crippen molar-refractivity contribution in [2.45, 2.75) is 67.2 Å². The van der Waals surface area contributed by atoms with Gasteiger partial charge in [-0.15, -0.1) is 5.92 Å². The van der Waals surface area contributed by atoms with E-state index in [4.69, 9.17) is 0 Å². The minimum Gasteiger partial charge on any atom is -0.343 e.